The predicted molar refractivity (Wildman–Crippen MR) is 99.7 cm³/mol. The third-order valence-corrected chi connectivity index (χ3v) is 4.63. The van der Waals surface area contributed by atoms with Crippen LogP contribution >= 0.6 is 11.3 Å². The van der Waals surface area contributed by atoms with E-state index in [4.69, 9.17) is 4.74 Å². The molecule has 0 aliphatic rings. The van der Waals surface area contributed by atoms with Gasteiger partial charge in [-0.25, -0.2) is 0 Å². The number of amides is 1. The number of carbonyl (C=O) groups excluding carboxylic acids is 1. The quantitative estimate of drug-likeness (QED) is 0.641. The maximum atomic E-state index is 12.6. The smallest absolute Gasteiger partial charge is 0.416 e. The summed E-state index contributed by atoms with van der Waals surface area (Å²) in [6.07, 6.45) is -3.93. The fraction of sp³-hybridized carbons (Fsp3) is 0.211. The van der Waals surface area contributed by atoms with Crippen LogP contribution in [0.15, 0.2) is 48.5 Å². The first-order chi connectivity index (χ1) is 13.3. The highest BCUT2D eigenvalue weighted by molar-refractivity contribution is 7.15. The number of nitrogens with zero attached hydrogens (tertiary/aromatic N) is 2. The van der Waals surface area contributed by atoms with E-state index in [9.17, 15) is 18.0 Å². The van der Waals surface area contributed by atoms with Crippen LogP contribution in [0.5, 0.6) is 5.75 Å². The van der Waals surface area contributed by atoms with Crippen LogP contribution in [0.3, 0.4) is 0 Å². The van der Waals surface area contributed by atoms with Crippen molar-refractivity contribution in [2.45, 2.75) is 19.5 Å². The zero-order chi connectivity index (χ0) is 20.1. The van der Waals surface area contributed by atoms with Gasteiger partial charge >= 0.3 is 6.18 Å². The minimum Gasteiger partial charge on any atom is -0.493 e. The number of anilines is 1. The fourth-order valence-electron chi connectivity index (χ4n) is 2.35. The molecule has 3 aromatic rings. The van der Waals surface area contributed by atoms with E-state index in [1.165, 1.54) is 11.3 Å². The number of halogens is 3. The van der Waals surface area contributed by atoms with E-state index < -0.39 is 17.6 Å². The first-order valence-corrected chi connectivity index (χ1v) is 9.13. The summed E-state index contributed by atoms with van der Waals surface area (Å²) in [6, 6.07) is 11.6. The Morgan fingerprint density at radius 1 is 1.14 bits per heavy atom. The molecule has 1 aromatic heterocycles. The molecular weight excluding hydrogens is 391 g/mol. The molecule has 0 saturated carbocycles. The second-order valence-corrected chi connectivity index (χ2v) is 7.01. The molecule has 0 unspecified atom stereocenters. The molecule has 1 heterocycles. The highest BCUT2D eigenvalue weighted by Crippen LogP contribution is 2.29. The van der Waals surface area contributed by atoms with Crippen LogP contribution in [0, 0.1) is 6.92 Å². The highest BCUT2D eigenvalue weighted by Gasteiger charge is 2.30. The number of alkyl halides is 3. The Labute approximate surface area is 163 Å². The zero-order valence-corrected chi connectivity index (χ0v) is 15.6. The summed E-state index contributed by atoms with van der Waals surface area (Å²) >= 11 is 1.19. The van der Waals surface area contributed by atoms with Gasteiger partial charge in [-0.15, -0.1) is 10.2 Å². The summed E-state index contributed by atoms with van der Waals surface area (Å²) in [5.74, 6) is 0.216. The Morgan fingerprint density at radius 3 is 2.57 bits per heavy atom. The first-order valence-electron chi connectivity index (χ1n) is 8.32. The first kappa shape index (κ1) is 19.8. The molecule has 5 nitrogen and oxygen atoms in total. The van der Waals surface area contributed by atoms with E-state index in [1.54, 1.807) is 0 Å². The third kappa shape index (κ3) is 5.29. The molecule has 9 heteroatoms. The minimum absolute atomic E-state index is 0.104. The maximum Gasteiger partial charge on any atom is 0.416 e. The normalized spacial score (nSPS) is 11.3. The van der Waals surface area contributed by atoms with Crippen molar-refractivity contribution in [1.29, 1.82) is 0 Å². The molecule has 28 heavy (non-hydrogen) atoms. The Morgan fingerprint density at radius 2 is 1.89 bits per heavy atom. The van der Waals surface area contributed by atoms with Gasteiger partial charge in [0.2, 0.25) is 5.13 Å². The van der Waals surface area contributed by atoms with Crippen molar-refractivity contribution in [3.05, 3.63) is 70.2 Å². The molecule has 0 aliphatic carbocycles. The highest BCUT2D eigenvalue weighted by atomic mass is 32.1. The van der Waals surface area contributed by atoms with Crippen LogP contribution in [0.2, 0.25) is 0 Å². The van der Waals surface area contributed by atoms with Crippen LogP contribution in [0.25, 0.3) is 0 Å². The number of ether oxygens (including phenoxy) is 1. The Kier molecular flexibility index (Phi) is 5.93. The Hall–Kier alpha value is -2.94. The van der Waals surface area contributed by atoms with Crippen LogP contribution < -0.4 is 10.1 Å². The van der Waals surface area contributed by atoms with Gasteiger partial charge in [0.1, 0.15) is 10.8 Å². The number of nitrogens with one attached hydrogen (secondary N) is 1. The second kappa shape index (κ2) is 8.39. The van der Waals surface area contributed by atoms with Crippen LogP contribution in [0.1, 0.15) is 26.5 Å². The Balaban J connectivity index is 1.53. The van der Waals surface area contributed by atoms with Crippen LogP contribution in [-0.4, -0.2) is 22.7 Å². The largest absolute Gasteiger partial charge is 0.493 e. The molecule has 1 amide bonds. The molecule has 0 radical (unpaired) electrons. The summed E-state index contributed by atoms with van der Waals surface area (Å²) in [7, 11) is 0. The van der Waals surface area contributed by atoms with Crippen LogP contribution in [-0.2, 0) is 12.6 Å². The number of aryl methyl sites for hydroxylation is 1. The van der Waals surface area contributed by atoms with Crippen LogP contribution in [0.4, 0.5) is 18.3 Å². The number of hydrogen-bond acceptors (Lipinski definition) is 5. The molecule has 2 aromatic carbocycles. The number of rotatable bonds is 6. The summed E-state index contributed by atoms with van der Waals surface area (Å²) in [6.45, 7) is 2.38. The Bertz CT molecular complexity index is 956. The third-order valence-electron chi connectivity index (χ3n) is 3.74. The lowest BCUT2D eigenvalue weighted by Crippen LogP contribution is -2.12. The molecule has 0 fully saturated rings. The van der Waals surface area contributed by atoms with E-state index in [0.717, 1.165) is 35.6 Å². The SMILES string of the molecule is Cc1cccc(OCCc2nnc(NC(=O)c3ccc(C(F)(F)F)cc3)s2)c1. The summed E-state index contributed by atoms with van der Waals surface area (Å²) in [4.78, 5) is 12.1. The fourth-order valence-corrected chi connectivity index (χ4v) is 3.06. The van der Waals surface area contributed by atoms with Crippen molar-refractivity contribution in [3.8, 4) is 5.75 Å². The van der Waals surface area contributed by atoms with E-state index >= 15 is 0 Å². The van der Waals surface area contributed by atoms with Crippen molar-refractivity contribution in [2.24, 2.45) is 0 Å². The number of hydrogen-bond donors (Lipinski definition) is 1. The van der Waals surface area contributed by atoms with Crippen molar-refractivity contribution >= 4 is 22.4 Å². The lowest BCUT2D eigenvalue weighted by molar-refractivity contribution is -0.137. The van der Waals surface area contributed by atoms with Gasteiger partial charge in [0.15, 0.2) is 0 Å². The average molecular weight is 407 g/mol. The molecule has 0 atom stereocenters. The van der Waals surface area contributed by atoms with E-state index in [-0.39, 0.29) is 10.7 Å². The average Bonchev–Trinajstić information content (AvgIpc) is 3.08. The van der Waals surface area contributed by atoms with Gasteiger partial charge < -0.3 is 4.74 Å². The van der Waals surface area contributed by atoms with Gasteiger partial charge in [-0.05, 0) is 48.9 Å². The van der Waals surface area contributed by atoms with Gasteiger partial charge in [0.05, 0.1) is 12.2 Å². The molecule has 1 N–H and O–H groups in total. The summed E-state index contributed by atoms with van der Waals surface area (Å²) < 4.78 is 43.4. The number of benzene rings is 2. The van der Waals surface area contributed by atoms with Crippen molar-refractivity contribution < 1.29 is 22.7 Å². The van der Waals surface area contributed by atoms with Gasteiger partial charge in [0.25, 0.3) is 5.91 Å². The molecule has 0 aliphatic heterocycles. The van der Waals surface area contributed by atoms with Gasteiger partial charge in [-0.2, -0.15) is 13.2 Å². The molecule has 0 spiro atoms. The summed E-state index contributed by atoms with van der Waals surface area (Å²) in [5, 5.41) is 11.3. The lowest BCUT2D eigenvalue weighted by Gasteiger charge is -2.07. The van der Waals surface area contributed by atoms with E-state index in [0.29, 0.717) is 18.0 Å². The molecule has 0 saturated heterocycles. The van der Waals surface area contributed by atoms with Crippen molar-refractivity contribution in [3.63, 3.8) is 0 Å². The second-order valence-electron chi connectivity index (χ2n) is 5.95. The van der Waals surface area contributed by atoms with Gasteiger partial charge in [-0.3, -0.25) is 10.1 Å². The monoisotopic (exact) mass is 407 g/mol. The molecule has 0 bridgehead atoms. The number of carbonyl (C=O) groups is 1. The topological polar surface area (TPSA) is 64.1 Å². The van der Waals surface area contributed by atoms with Crippen molar-refractivity contribution in [2.75, 3.05) is 11.9 Å². The van der Waals surface area contributed by atoms with E-state index in [1.807, 2.05) is 31.2 Å². The van der Waals surface area contributed by atoms with E-state index in [2.05, 4.69) is 15.5 Å². The van der Waals surface area contributed by atoms with Crippen molar-refractivity contribution in [1.82, 2.24) is 10.2 Å². The minimum atomic E-state index is -4.44. The predicted octanol–water partition coefficient (Wildman–Crippen LogP) is 4.74. The molecule has 3 rings (SSSR count). The molecule has 146 valence electrons. The van der Waals surface area contributed by atoms with Gasteiger partial charge in [-0.1, -0.05) is 23.5 Å². The summed E-state index contributed by atoms with van der Waals surface area (Å²) in [5.41, 5.74) is 0.394. The lowest BCUT2D eigenvalue weighted by atomic mass is 10.1. The zero-order valence-electron chi connectivity index (χ0n) is 14.8. The standard InChI is InChI=1S/C19H16F3N3O2S/c1-12-3-2-4-15(11-12)27-10-9-16-24-25-18(28-16)23-17(26)13-5-7-14(8-6-13)19(20,21)22/h2-8,11H,9-10H2,1H3,(H,23,25,26). The molecular formula is C19H16F3N3O2S. The van der Waals surface area contributed by atoms with Gasteiger partial charge in [0, 0.05) is 12.0 Å². The maximum absolute atomic E-state index is 12.6. The number of aromatic nitrogens is 2.